The van der Waals surface area contributed by atoms with E-state index < -0.39 is 0 Å². The number of aliphatic hydroxyl groups excluding tert-OH is 1. The molecule has 5 nitrogen and oxygen atoms in total. The maximum absolute atomic E-state index is 11.7. The average Bonchev–Trinajstić information content (AvgIpc) is 2.61. The fourth-order valence-electron chi connectivity index (χ4n) is 1.59. The van der Waals surface area contributed by atoms with E-state index in [1.165, 1.54) is 4.90 Å². The van der Waals surface area contributed by atoms with Crippen molar-refractivity contribution in [2.75, 3.05) is 18.1 Å². The Labute approximate surface area is 91.7 Å². The number of aromatic nitrogens is 2. The van der Waals surface area contributed by atoms with Crippen LogP contribution in [0.15, 0.2) is 12.1 Å². The van der Waals surface area contributed by atoms with Crippen LogP contribution in [0.5, 0.6) is 0 Å². The molecule has 1 saturated heterocycles. The van der Waals surface area contributed by atoms with Crippen LogP contribution in [-0.2, 0) is 4.79 Å². The van der Waals surface area contributed by atoms with Crippen molar-refractivity contribution in [3.8, 4) is 0 Å². The molecule has 1 aliphatic rings. The van der Waals surface area contributed by atoms with Crippen LogP contribution in [-0.4, -0.2) is 34.4 Å². The van der Waals surface area contributed by atoms with E-state index >= 15 is 0 Å². The second-order valence-electron chi connectivity index (χ2n) is 3.37. The predicted molar refractivity (Wildman–Crippen MR) is 54.6 cm³/mol. The van der Waals surface area contributed by atoms with Crippen LogP contribution in [0.4, 0.5) is 5.82 Å². The summed E-state index contributed by atoms with van der Waals surface area (Å²) >= 11 is 5.59. The van der Waals surface area contributed by atoms with Crippen LogP contribution in [0.2, 0.25) is 5.15 Å². The van der Waals surface area contributed by atoms with Crippen LogP contribution >= 0.6 is 11.6 Å². The molecule has 0 radical (unpaired) electrons. The molecule has 15 heavy (non-hydrogen) atoms. The first-order chi connectivity index (χ1) is 7.22. The van der Waals surface area contributed by atoms with Gasteiger partial charge in [-0.25, -0.2) is 0 Å². The van der Waals surface area contributed by atoms with E-state index in [1.807, 2.05) is 0 Å². The van der Waals surface area contributed by atoms with Gasteiger partial charge in [0.25, 0.3) is 0 Å². The maximum atomic E-state index is 11.7. The molecule has 2 rings (SSSR count). The molecule has 0 spiro atoms. The first-order valence-corrected chi connectivity index (χ1v) is 5.01. The van der Waals surface area contributed by atoms with Gasteiger partial charge >= 0.3 is 0 Å². The predicted octanol–water partition coefficient (Wildman–Crippen LogP) is 0.475. The van der Waals surface area contributed by atoms with Gasteiger partial charge in [0, 0.05) is 6.54 Å². The first kappa shape index (κ1) is 10.3. The Morgan fingerprint density at radius 3 is 2.87 bits per heavy atom. The molecule has 80 valence electrons. The summed E-state index contributed by atoms with van der Waals surface area (Å²) in [6.07, 6.45) is 0.652. The molecule has 0 bridgehead atoms. The van der Waals surface area contributed by atoms with E-state index in [-0.39, 0.29) is 18.4 Å². The number of hydrogen-bond acceptors (Lipinski definition) is 4. The molecule has 1 amide bonds. The largest absolute Gasteiger partial charge is 0.396 e. The fourth-order valence-corrected chi connectivity index (χ4v) is 1.69. The highest BCUT2D eigenvalue weighted by atomic mass is 35.5. The number of rotatable bonds is 2. The molecule has 1 aromatic rings. The topological polar surface area (TPSA) is 66.3 Å². The van der Waals surface area contributed by atoms with Crippen LogP contribution in [0.3, 0.4) is 0 Å². The third-order valence-electron chi connectivity index (χ3n) is 2.43. The van der Waals surface area contributed by atoms with Gasteiger partial charge in [-0.1, -0.05) is 11.6 Å². The highest BCUT2D eigenvalue weighted by Crippen LogP contribution is 2.23. The van der Waals surface area contributed by atoms with Gasteiger partial charge in [-0.3, -0.25) is 9.69 Å². The normalized spacial score (nSPS) is 21.1. The summed E-state index contributed by atoms with van der Waals surface area (Å²) in [5, 5.41) is 16.7. The smallest absolute Gasteiger partial charge is 0.233 e. The summed E-state index contributed by atoms with van der Waals surface area (Å²) in [6.45, 7) is 0.455. The molecule has 1 N–H and O–H groups in total. The van der Waals surface area contributed by atoms with Crippen molar-refractivity contribution in [3.05, 3.63) is 17.3 Å². The molecule has 0 aliphatic carbocycles. The van der Waals surface area contributed by atoms with E-state index in [0.717, 1.165) is 0 Å². The zero-order chi connectivity index (χ0) is 10.8. The Kier molecular flexibility index (Phi) is 2.83. The summed E-state index contributed by atoms with van der Waals surface area (Å²) in [5.41, 5.74) is 0. The lowest BCUT2D eigenvalue weighted by Gasteiger charge is -2.13. The van der Waals surface area contributed by atoms with Gasteiger partial charge in [0.2, 0.25) is 5.91 Å². The Balaban J connectivity index is 2.19. The number of amides is 1. The quantitative estimate of drug-likeness (QED) is 0.798. The van der Waals surface area contributed by atoms with E-state index in [4.69, 9.17) is 16.7 Å². The van der Waals surface area contributed by atoms with Gasteiger partial charge in [0.15, 0.2) is 11.0 Å². The van der Waals surface area contributed by atoms with Crippen LogP contribution in [0, 0.1) is 5.92 Å². The van der Waals surface area contributed by atoms with Crippen molar-refractivity contribution in [1.29, 1.82) is 0 Å². The minimum atomic E-state index is -0.303. The lowest BCUT2D eigenvalue weighted by Crippen LogP contribution is -2.29. The minimum Gasteiger partial charge on any atom is -0.396 e. The van der Waals surface area contributed by atoms with E-state index in [1.54, 1.807) is 12.1 Å². The van der Waals surface area contributed by atoms with E-state index in [0.29, 0.717) is 23.9 Å². The summed E-state index contributed by atoms with van der Waals surface area (Å²) in [5.74, 6) is 0.0805. The molecule has 1 atom stereocenters. The average molecular weight is 228 g/mol. The fraction of sp³-hybridized carbons (Fsp3) is 0.444. The standard InChI is InChI=1S/C9H10ClN3O2/c10-7-1-2-8(12-11-7)13-4-3-6(5-14)9(13)15/h1-2,6,14H,3-5H2. The molecule has 1 unspecified atom stereocenters. The van der Waals surface area contributed by atoms with Crippen LogP contribution in [0.25, 0.3) is 0 Å². The molecule has 1 aromatic heterocycles. The highest BCUT2D eigenvalue weighted by molar-refractivity contribution is 6.29. The van der Waals surface area contributed by atoms with Gasteiger partial charge in [-0.05, 0) is 18.6 Å². The lowest BCUT2D eigenvalue weighted by atomic mass is 10.1. The van der Waals surface area contributed by atoms with Crippen molar-refractivity contribution in [3.63, 3.8) is 0 Å². The summed E-state index contributed by atoms with van der Waals surface area (Å²) in [4.78, 5) is 13.2. The van der Waals surface area contributed by atoms with Gasteiger partial charge < -0.3 is 5.11 Å². The zero-order valence-corrected chi connectivity index (χ0v) is 8.68. The lowest BCUT2D eigenvalue weighted by molar-refractivity contribution is -0.121. The van der Waals surface area contributed by atoms with Crippen molar-refractivity contribution in [2.24, 2.45) is 5.92 Å². The van der Waals surface area contributed by atoms with Gasteiger partial charge in [-0.15, -0.1) is 10.2 Å². The van der Waals surface area contributed by atoms with Gasteiger partial charge in [0.05, 0.1) is 12.5 Å². The van der Waals surface area contributed by atoms with Crippen molar-refractivity contribution in [1.82, 2.24) is 10.2 Å². The van der Waals surface area contributed by atoms with E-state index in [9.17, 15) is 4.79 Å². The van der Waals surface area contributed by atoms with Gasteiger partial charge in [-0.2, -0.15) is 0 Å². The second-order valence-corrected chi connectivity index (χ2v) is 3.76. The number of anilines is 1. The number of nitrogens with zero attached hydrogens (tertiary/aromatic N) is 3. The number of carbonyl (C=O) groups excluding carboxylic acids is 1. The molecule has 0 saturated carbocycles. The number of aliphatic hydroxyl groups is 1. The number of hydrogen-bond donors (Lipinski definition) is 1. The summed E-state index contributed by atoms with van der Waals surface area (Å²) in [7, 11) is 0. The van der Waals surface area contributed by atoms with Crippen LogP contribution < -0.4 is 4.90 Å². The Hall–Kier alpha value is -1.20. The Bertz CT molecular complexity index is 368. The Morgan fingerprint density at radius 1 is 1.53 bits per heavy atom. The maximum Gasteiger partial charge on any atom is 0.233 e. The van der Waals surface area contributed by atoms with Crippen molar-refractivity contribution in [2.45, 2.75) is 6.42 Å². The van der Waals surface area contributed by atoms with E-state index in [2.05, 4.69) is 10.2 Å². The third kappa shape index (κ3) is 1.93. The Morgan fingerprint density at radius 2 is 2.33 bits per heavy atom. The third-order valence-corrected chi connectivity index (χ3v) is 2.63. The summed E-state index contributed by atoms with van der Waals surface area (Å²) in [6, 6.07) is 3.23. The molecule has 6 heteroatoms. The van der Waals surface area contributed by atoms with Crippen molar-refractivity contribution < 1.29 is 9.90 Å². The number of carbonyl (C=O) groups is 1. The van der Waals surface area contributed by atoms with Gasteiger partial charge in [0.1, 0.15) is 0 Å². The molecular formula is C9H10ClN3O2. The monoisotopic (exact) mass is 227 g/mol. The highest BCUT2D eigenvalue weighted by Gasteiger charge is 2.32. The second kappa shape index (κ2) is 4.12. The molecule has 1 aliphatic heterocycles. The molecule has 0 aromatic carbocycles. The molecule has 1 fully saturated rings. The SMILES string of the molecule is O=C1C(CO)CCN1c1ccc(Cl)nn1. The molecule has 2 heterocycles. The summed E-state index contributed by atoms with van der Waals surface area (Å²) < 4.78 is 0. The minimum absolute atomic E-state index is 0.103. The molecular weight excluding hydrogens is 218 g/mol. The van der Waals surface area contributed by atoms with Crippen LogP contribution in [0.1, 0.15) is 6.42 Å². The first-order valence-electron chi connectivity index (χ1n) is 4.64. The number of halogens is 1. The van der Waals surface area contributed by atoms with Crippen molar-refractivity contribution >= 4 is 23.3 Å². The zero-order valence-electron chi connectivity index (χ0n) is 7.93.